The molecule has 0 spiro atoms. The van der Waals surface area contributed by atoms with Crippen molar-refractivity contribution in [2.75, 3.05) is 13.1 Å². The van der Waals surface area contributed by atoms with E-state index in [1.807, 2.05) is 62.5 Å². The number of hydrogen-bond acceptors (Lipinski definition) is 3. The molecule has 1 N–H and O–H groups in total. The van der Waals surface area contributed by atoms with Crippen molar-refractivity contribution in [1.82, 2.24) is 14.7 Å². The van der Waals surface area contributed by atoms with Gasteiger partial charge in [0.15, 0.2) is 0 Å². The summed E-state index contributed by atoms with van der Waals surface area (Å²) in [6.07, 6.45) is 2.86. The predicted molar refractivity (Wildman–Crippen MR) is 101 cm³/mol. The van der Waals surface area contributed by atoms with Crippen LogP contribution in [-0.4, -0.2) is 38.8 Å². The molecule has 0 saturated carbocycles. The zero-order valence-electron chi connectivity index (χ0n) is 15.0. The van der Waals surface area contributed by atoms with E-state index in [1.165, 1.54) is 0 Å². The van der Waals surface area contributed by atoms with Gasteiger partial charge in [-0.3, -0.25) is 4.79 Å². The molecular formula is C21H23N3O2. The molecule has 2 aromatic carbocycles. The molecule has 134 valence electrons. The maximum absolute atomic E-state index is 12.8. The summed E-state index contributed by atoms with van der Waals surface area (Å²) in [5.74, 6) is -0.0920. The molecule has 0 aliphatic carbocycles. The molecule has 3 rings (SSSR count). The number of carbonyl (C=O) groups is 1. The van der Waals surface area contributed by atoms with Gasteiger partial charge in [0.2, 0.25) is 0 Å². The highest BCUT2D eigenvalue weighted by Crippen LogP contribution is 2.17. The molecule has 1 heterocycles. The van der Waals surface area contributed by atoms with Crippen LogP contribution in [0.1, 0.15) is 34.5 Å². The monoisotopic (exact) mass is 349 g/mol. The van der Waals surface area contributed by atoms with E-state index in [9.17, 15) is 9.90 Å². The summed E-state index contributed by atoms with van der Waals surface area (Å²) in [5, 5.41) is 14.7. The molecule has 0 aliphatic heterocycles. The maximum atomic E-state index is 12.8. The lowest BCUT2D eigenvalue weighted by Crippen LogP contribution is -2.34. The van der Waals surface area contributed by atoms with Crippen LogP contribution in [0.4, 0.5) is 0 Å². The third-order valence-electron chi connectivity index (χ3n) is 4.41. The highest BCUT2D eigenvalue weighted by molar-refractivity contribution is 5.94. The molecule has 0 fully saturated rings. The van der Waals surface area contributed by atoms with Gasteiger partial charge in [0.1, 0.15) is 0 Å². The van der Waals surface area contributed by atoms with E-state index in [4.69, 9.17) is 0 Å². The first-order valence-corrected chi connectivity index (χ1v) is 8.72. The fourth-order valence-corrected chi connectivity index (χ4v) is 2.82. The van der Waals surface area contributed by atoms with E-state index in [0.29, 0.717) is 12.1 Å². The summed E-state index contributed by atoms with van der Waals surface area (Å²) >= 11 is 0. The maximum Gasteiger partial charge on any atom is 0.253 e. The normalized spacial score (nSPS) is 12.0. The minimum absolute atomic E-state index is 0.0920. The van der Waals surface area contributed by atoms with Crippen molar-refractivity contribution < 1.29 is 9.90 Å². The van der Waals surface area contributed by atoms with E-state index in [-0.39, 0.29) is 12.5 Å². The summed E-state index contributed by atoms with van der Waals surface area (Å²) in [7, 11) is 0. The smallest absolute Gasteiger partial charge is 0.253 e. The minimum atomic E-state index is -0.706. The second kappa shape index (κ2) is 7.97. The first-order chi connectivity index (χ1) is 12.6. The number of nitrogens with zero attached hydrogens (tertiary/aromatic N) is 3. The molecule has 1 amide bonds. The van der Waals surface area contributed by atoms with Gasteiger partial charge in [-0.15, -0.1) is 0 Å². The van der Waals surface area contributed by atoms with Gasteiger partial charge in [0, 0.05) is 24.5 Å². The lowest BCUT2D eigenvalue weighted by atomic mass is 10.1. The molecule has 1 atom stereocenters. The van der Waals surface area contributed by atoms with Gasteiger partial charge in [-0.25, -0.2) is 4.68 Å². The number of aryl methyl sites for hydroxylation is 1. The standard InChI is InChI=1S/C21H23N3O2/c1-3-23(15-20(25)17-7-5-16(2)6-8-17)21(26)18-9-11-19(12-10-18)24-14-4-13-22-24/h4-14,20,25H,3,15H2,1-2H3. The van der Waals surface area contributed by atoms with Gasteiger partial charge in [-0.1, -0.05) is 29.8 Å². The molecular weight excluding hydrogens is 326 g/mol. The van der Waals surface area contributed by atoms with Crippen molar-refractivity contribution in [2.45, 2.75) is 20.0 Å². The van der Waals surface area contributed by atoms with E-state index in [1.54, 1.807) is 27.9 Å². The largest absolute Gasteiger partial charge is 0.387 e. The predicted octanol–water partition coefficient (Wildman–Crippen LogP) is 3.38. The van der Waals surface area contributed by atoms with Gasteiger partial charge in [0.25, 0.3) is 5.91 Å². The Morgan fingerprint density at radius 1 is 1.15 bits per heavy atom. The number of hydrogen-bond donors (Lipinski definition) is 1. The molecule has 0 aliphatic rings. The van der Waals surface area contributed by atoms with Crippen molar-refractivity contribution in [1.29, 1.82) is 0 Å². The van der Waals surface area contributed by atoms with Crippen LogP contribution in [0.25, 0.3) is 5.69 Å². The van der Waals surface area contributed by atoms with Crippen LogP contribution in [0.15, 0.2) is 67.0 Å². The average molecular weight is 349 g/mol. The summed E-state index contributed by atoms with van der Waals surface area (Å²) in [5.41, 5.74) is 3.45. The molecule has 3 aromatic rings. The molecule has 5 heteroatoms. The van der Waals surface area contributed by atoms with Crippen molar-refractivity contribution in [3.63, 3.8) is 0 Å². The van der Waals surface area contributed by atoms with Crippen molar-refractivity contribution in [3.05, 3.63) is 83.7 Å². The van der Waals surface area contributed by atoms with Gasteiger partial charge in [0.05, 0.1) is 18.3 Å². The topological polar surface area (TPSA) is 58.4 Å². The lowest BCUT2D eigenvalue weighted by Gasteiger charge is -2.24. The van der Waals surface area contributed by atoms with Gasteiger partial charge in [-0.05, 0) is 49.7 Å². The van der Waals surface area contributed by atoms with Crippen molar-refractivity contribution in [2.24, 2.45) is 0 Å². The number of likely N-dealkylation sites (N-methyl/N-ethyl adjacent to an activating group) is 1. The fourth-order valence-electron chi connectivity index (χ4n) is 2.82. The lowest BCUT2D eigenvalue weighted by molar-refractivity contribution is 0.0635. The summed E-state index contributed by atoms with van der Waals surface area (Å²) < 4.78 is 1.74. The van der Waals surface area contributed by atoms with Crippen LogP contribution in [0, 0.1) is 6.92 Å². The Morgan fingerprint density at radius 2 is 1.85 bits per heavy atom. The Hall–Kier alpha value is -2.92. The number of aliphatic hydroxyl groups is 1. The molecule has 1 unspecified atom stereocenters. The Labute approximate surface area is 153 Å². The Morgan fingerprint density at radius 3 is 2.42 bits per heavy atom. The second-order valence-corrected chi connectivity index (χ2v) is 6.27. The SMILES string of the molecule is CCN(CC(O)c1ccc(C)cc1)C(=O)c1ccc(-n2cccn2)cc1. The number of rotatable bonds is 6. The van der Waals surface area contributed by atoms with Gasteiger partial charge >= 0.3 is 0 Å². The third kappa shape index (κ3) is 4.00. The van der Waals surface area contributed by atoms with Crippen LogP contribution >= 0.6 is 0 Å². The summed E-state index contributed by atoms with van der Waals surface area (Å²) in [4.78, 5) is 14.4. The Balaban J connectivity index is 1.71. The van der Waals surface area contributed by atoms with Crippen LogP contribution in [-0.2, 0) is 0 Å². The summed E-state index contributed by atoms with van der Waals surface area (Å²) in [6.45, 7) is 4.71. The highest BCUT2D eigenvalue weighted by Gasteiger charge is 2.19. The quantitative estimate of drug-likeness (QED) is 0.742. The van der Waals surface area contributed by atoms with E-state index >= 15 is 0 Å². The van der Waals surface area contributed by atoms with E-state index in [0.717, 1.165) is 16.8 Å². The summed E-state index contributed by atoms with van der Waals surface area (Å²) in [6, 6.07) is 16.9. The molecule has 0 radical (unpaired) electrons. The Bertz CT molecular complexity index is 840. The molecule has 26 heavy (non-hydrogen) atoms. The molecule has 0 bridgehead atoms. The number of aromatic nitrogens is 2. The number of carbonyl (C=O) groups excluding carboxylic acids is 1. The van der Waals surface area contributed by atoms with Crippen molar-refractivity contribution >= 4 is 5.91 Å². The number of amides is 1. The highest BCUT2D eigenvalue weighted by atomic mass is 16.3. The van der Waals surface area contributed by atoms with Crippen molar-refractivity contribution in [3.8, 4) is 5.69 Å². The zero-order valence-corrected chi connectivity index (χ0v) is 15.0. The molecule has 5 nitrogen and oxygen atoms in total. The minimum Gasteiger partial charge on any atom is -0.387 e. The molecule has 1 aromatic heterocycles. The van der Waals surface area contributed by atoms with Crippen LogP contribution in [0.5, 0.6) is 0 Å². The van der Waals surface area contributed by atoms with Gasteiger partial charge in [-0.2, -0.15) is 5.10 Å². The third-order valence-corrected chi connectivity index (χ3v) is 4.41. The van der Waals surface area contributed by atoms with E-state index < -0.39 is 6.10 Å². The second-order valence-electron chi connectivity index (χ2n) is 6.27. The fraction of sp³-hybridized carbons (Fsp3) is 0.238. The van der Waals surface area contributed by atoms with Crippen LogP contribution in [0.3, 0.4) is 0 Å². The van der Waals surface area contributed by atoms with Crippen LogP contribution < -0.4 is 0 Å². The zero-order chi connectivity index (χ0) is 18.5. The van der Waals surface area contributed by atoms with E-state index in [2.05, 4.69) is 5.10 Å². The number of aliphatic hydroxyl groups excluding tert-OH is 1. The average Bonchev–Trinajstić information content (AvgIpc) is 3.21. The van der Waals surface area contributed by atoms with Crippen LogP contribution in [0.2, 0.25) is 0 Å². The Kier molecular flexibility index (Phi) is 5.49. The first-order valence-electron chi connectivity index (χ1n) is 8.72. The number of benzene rings is 2. The van der Waals surface area contributed by atoms with Gasteiger partial charge < -0.3 is 10.0 Å². The first kappa shape index (κ1) is 17.9. The molecule has 0 saturated heterocycles.